The standard InChI is InChI=1S/C13H16N2O3/c1-3-12(16)10-6-4-5-7-13(10)17-8-11-9(2)14-18-15-11/h4-7,12,16H,3,8H2,1-2H3. The van der Waals surface area contributed by atoms with E-state index in [-0.39, 0.29) is 6.61 Å². The van der Waals surface area contributed by atoms with Crippen molar-refractivity contribution in [2.24, 2.45) is 0 Å². The zero-order valence-electron chi connectivity index (χ0n) is 10.5. The number of para-hydroxylation sites is 1. The average Bonchev–Trinajstić information content (AvgIpc) is 2.81. The van der Waals surface area contributed by atoms with Crippen LogP contribution in [0.25, 0.3) is 0 Å². The van der Waals surface area contributed by atoms with E-state index in [1.165, 1.54) is 0 Å². The first kappa shape index (κ1) is 12.6. The molecule has 1 aromatic carbocycles. The van der Waals surface area contributed by atoms with Crippen molar-refractivity contribution in [1.82, 2.24) is 10.3 Å². The molecular formula is C13H16N2O3. The minimum Gasteiger partial charge on any atom is -0.487 e. The fourth-order valence-corrected chi connectivity index (χ4v) is 1.63. The average molecular weight is 248 g/mol. The number of benzene rings is 1. The summed E-state index contributed by atoms with van der Waals surface area (Å²) < 4.78 is 10.3. The molecule has 0 aliphatic carbocycles. The Bertz CT molecular complexity index is 510. The van der Waals surface area contributed by atoms with Crippen molar-refractivity contribution in [1.29, 1.82) is 0 Å². The van der Waals surface area contributed by atoms with Crippen LogP contribution in [0.2, 0.25) is 0 Å². The second-order valence-electron chi connectivity index (χ2n) is 4.05. The van der Waals surface area contributed by atoms with Gasteiger partial charge in [0.2, 0.25) is 0 Å². The number of aryl methyl sites for hydroxylation is 1. The molecule has 96 valence electrons. The fraction of sp³-hybridized carbons (Fsp3) is 0.385. The minimum absolute atomic E-state index is 0.281. The molecule has 5 nitrogen and oxygen atoms in total. The number of aromatic nitrogens is 2. The number of nitrogens with zero attached hydrogens (tertiary/aromatic N) is 2. The van der Waals surface area contributed by atoms with Crippen molar-refractivity contribution in [2.45, 2.75) is 33.0 Å². The highest BCUT2D eigenvalue weighted by molar-refractivity contribution is 5.35. The molecule has 0 bridgehead atoms. The Balaban J connectivity index is 2.12. The molecule has 1 unspecified atom stereocenters. The van der Waals surface area contributed by atoms with E-state index in [9.17, 15) is 5.11 Å². The molecule has 0 saturated heterocycles. The van der Waals surface area contributed by atoms with E-state index in [4.69, 9.17) is 4.74 Å². The summed E-state index contributed by atoms with van der Waals surface area (Å²) in [6.07, 6.45) is 0.128. The van der Waals surface area contributed by atoms with Gasteiger partial charge in [0.1, 0.15) is 23.7 Å². The highest BCUT2D eigenvalue weighted by Crippen LogP contribution is 2.27. The second-order valence-corrected chi connectivity index (χ2v) is 4.05. The molecule has 1 atom stereocenters. The van der Waals surface area contributed by atoms with Gasteiger partial charge in [-0.05, 0) is 19.4 Å². The third-order valence-electron chi connectivity index (χ3n) is 2.78. The Hall–Kier alpha value is -1.88. The van der Waals surface area contributed by atoms with Gasteiger partial charge in [-0.3, -0.25) is 0 Å². The van der Waals surface area contributed by atoms with E-state index in [2.05, 4.69) is 14.9 Å². The molecule has 0 amide bonds. The summed E-state index contributed by atoms with van der Waals surface area (Å²) >= 11 is 0. The van der Waals surface area contributed by atoms with Gasteiger partial charge in [-0.15, -0.1) is 0 Å². The van der Waals surface area contributed by atoms with Crippen LogP contribution in [-0.2, 0) is 6.61 Å². The van der Waals surface area contributed by atoms with E-state index in [0.717, 1.165) is 5.56 Å². The molecule has 1 N–H and O–H groups in total. The molecule has 0 spiro atoms. The molecule has 1 aromatic heterocycles. The summed E-state index contributed by atoms with van der Waals surface area (Å²) in [5.41, 5.74) is 2.16. The van der Waals surface area contributed by atoms with Crippen molar-refractivity contribution in [3.05, 3.63) is 41.2 Å². The van der Waals surface area contributed by atoms with E-state index < -0.39 is 6.10 Å². The summed E-state index contributed by atoms with van der Waals surface area (Å²) in [6.45, 7) is 4.01. The third-order valence-corrected chi connectivity index (χ3v) is 2.78. The van der Waals surface area contributed by atoms with Crippen LogP contribution in [0.15, 0.2) is 28.9 Å². The highest BCUT2D eigenvalue weighted by atomic mass is 16.6. The normalized spacial score (nSPS) is 12.4. The Morgan fingerprint density at radius 3 is 2.78 bits per heavy atom. The molecule has 18 heavy (non-hydrogen) atoms. The lowest BCUT2D eigenvalue weighted by atomic mass is 10.1. The minimum atomic E-state index is -0.516. The highest BCUT2D eigenvalue weighted by Gasteiger charge is 2.12. The largest absolute Gasteiger partial charge is 0.487 e. The van der Waals surface area contributed by atoms with Crippen LogP contribution in [0.4, 0.5) is 0 Å². The zero-order valence-corrected chi connectivity index (χ0v) is 10.5. The maximum Gasteiger partial charge on any atom is 0.145 e. The lowest BCUT2D eigenvalue weighted by Crippen LogP contribution is -2.03. The van der Waals surface area contributed by atoms with Crippen LogP contribution in [-0.4, -0.2) is 15.4 Å². The van der Waals surface area contributed by atoms with Gasteiger partial charge >= 0.3 is 0 Å². The lowest BCUT2D eigenvalue weighted by Gasteiger charge is -2.14. The smallest absolute Gasteiger partial charge is 0.145 e. The monoisotopic (exact) mass is 248 g/mol. The van der Waals surface area contributed by atoms with Crippen LogP contribution >= 0.6 is 0 Å². The fourth-order valence-electron chi connectivity index (χ4n) is 1.63. The van der Waals surface area contributed by atoms with Gasteiger partial charge < -0.3 is 9.84 Å². The summed E-state index contributed by atoms with van der Waals surface area (Å²) in [6, 6.07) is 7.44. The maximum absolute atomic E-state index is 9.90. The Morgan fingerprint density at radius 2 is 2.11 bits per heavy atom. The van der Waals surface area contributed by atoms with Gasteiger partial charge in [-0.25, -0.2) is 4.63 Å². The molecule has 0 fully saturated rings. The summed E-state index contributed by atoms with van der Waals surface area (Å²) in [4.78, 5) is 0. The second kappa shape index (κ2) is 5.64. The molecule has 1 heterocycles. The number of hydrogen-bond acceptors (Lipinski definition) is 5. The number of hydrogen-bond donors (Lipinski definition) is 1. The maximum atomic E-state index is 9.90. The molecular weight excluding hydrogens is 232 g/mol. The number of aliphatic hydroxyl groups excluding tert-OH is 1. The molecule has 0 aliphatic rings. The topological polar surface area (TPSA) is 68.4 Å². The Morgan fingerprint density at radius 1 is 1.33 bits per heavy atom. The van der Waals surface area contributed by atoms with Gasteiger partial charge in [-0.1, -0.05) is 35.4 Å². The van der Waals surface area contributed by atoms with Crippen LogP contribution in [0.3, 0.4) is 0 Å². The first-order chi connectivity index (χ1) is 8.72. The quantitative estimate of drug-likeness (QED) is 0.879. The first-order valence-electron chi connectivity index (χ1n) is 5.90. The lowest BCUT2D eigenvalue weighted by molar-refractivity contribution is 0.166. The van der Waals surface area contributed by atoms with Crippen LogP contribution in [0.1, 0.15) is 36.4 Å². The molecule has 2 aromatic rings. The predicted molar refractivity (Wildman–Crippen MR) is 65.1 cm³/mol. The Kier molecular flexibility index (Phi) is 3.94. The van der Waals surface area contributed by atoms with Crippen molar-refractivity contribution < 1.29 is 14.5 Å². The molecule has 0 radical (unpaired) electrons. The third kappa shape index (κ3) is 2.68. The SMILES string of the molecule is CCC(O)c1ccccc1OCc1nonc1C. The molecule has 0 aliphatic heterocycles. The van der Waals surface area contributed by atoms with E-state index in [1.807, 2.05) is 38.1 Å². The van der Waals surface area contributed by atoms with Crippen molar-refractivity contribution in [2.75, 3.05) is 0 Å². The van der Waals surface area contributed by atoms with Gasteiger partial charge in [0.25, 0.3) is 0 Å². The van der Waals surface area contributed by atoms with Crippen LogP contribution < -0.4 is 4.74 Å². The van der Waals surface area contributed by atoms with Gasteiger partial charge in [0, 0.05) is 5.56 Å². The summed E-state index contributed by atoms with van der Waals surface area (Å²) in [5.74, 6) is 0.661. The summed E-state index contributed by atoms with van der Waals surface area (Å²) in [5, 5.41) is 17.3. The van der Waals surface area contributed by atoms with Gasteiger partial charge in [0.15, 0.2) is 0 Å². The van der Waals surface area contributed by atoms with E-state index in [1.54, 1.807) is 0 Å². The molecule has 5 heteroatoms. The van der Waals surface area contributed by atoms with E-state index >= 15 is 0 Å². The number of ether oxygens (including phenoxy) is 1. The van der Waals surface area contributed by atoms with E-state index in [0.29, 0.717) is 23.6 Å². The van der Waals surface area contributed by atoms with Crippen molar-refractivity contribution in [3.8, 4) is 5.75 Å². The van der Waals surface area contributed by atoms with Gasteiger partial charge in [-0.2, -0.15) is 0 Å². The molecule has 0 saturated carbocycles. The number of aliphatic hydroxyl groups is 1. The Labute approximate surface area is 105 Å². The molecule has 2 rings (SSSR count). The zero-order chi connectivity index (χ0) is 13.0. The van der Waals surface area contributed by atoms with Crippen LogP contribution in [0.5, 0.6) is 5.75 Å². The van der Waals surface area contributed by atoms with Crippen molar-refractivity contribution >= 4 is 0 Å². The predicted octanol–water partition coefficient (Wildman–Crippen LogP) is 2.40. The number of rotatable bonds is 5. The van der Waals surface area contributed by atoms with Crippen LogP contribution in [0, 0.1) is 6.92 Å². The van der Waals surface area contributed by atoms with Crippen molar-refractivity contribution in [3.63, 3.8) is 0 Å². The van der Waals surface area contributed by atoms with Gasteiger partial charge in [0.05, 0.1) is 6.10 Å². The first-order valence-corrected chi connectivity index (χ1v) is 5.90. The summed E-state index contributed by atoms with van der Waals surface area (Å²) in [7, 11) is 0.